The van der Waals surface area contributed by atoms with Crippen LogP contribution in [-0.4, -0.2) is 77.4 Å². The summed E-state index contributed by atoms with van der Waals surface area (Å²) in [5, 5.41) is 2.89. The number of nitrogens with one attached hydrogen (secondary N) is 1. The number of alkyl carbamates (subject to hydrolysis) is 1. The molecular formula is C37H52N4O7. The van der Waals surface area contributed by atoms with Gasteiger partial charge in [0.05, 0.1) is 31.8 Å². The Kier molecular flexibility index (Phi) is 11.8. The van der Waals surface area contributed by atoms with E-state index in [1.165, 1.54) is 12.0 Å². The Hall–Kier alpha value is -4.15. The number of unbranched alkanes of at least 4 members (excludes halogenated alkanes) is 1. The van der Waals surface area contributed by atoms with Crippen LogP contribution < -0.4 is 14.8 Å². The Morgan fingerprint density at radius 3 is 2.54 bits per heavy atom. The predicted octanol–water partition coefficient (Wildman–Crippen LogP) is 6.49. The number of carbonyl (C=O) groups excluding carboxylic acids is 3. The van der Waals surface area contributed by atoms with Crippen molar-refractivity contribution >= 4 is 35.1 Å². The molecule has 6 unspecified atom stereocenters. The van der Waals surface area contributed by atoms with E-state index < -0.39 is 53.1 Å². The molecule has 1 aliphatic heterocycles. The molecule has 1 N–H and O–H groups in total. The molecule has 1 aromatic carbocycles. The van der Waals surface area contributed by atoms with Gasteiger partial charge in [-0.25, -0.2) is 19.6 Å². The van der Waals surface area contributed by atoms with Gasteiger partial charge in [-0.1, -0.05) is 40.3 Å². The van der Waals surface area contributed by atoms with Gasteiger partial charge in [0.15, 0.2) is 0 Å². The van der Waals surface area contributed by atoms with Crippen LogP contribution in [0.5, 0.6) is 11.6 Å². The molecule has 48 heavy (non-hydrogen) atoms. The fourth-order valence-corrected chi connectivity index (χ4v) is 7.13. The summed E-state index contributed by atoms with van der Waals surface area (Å²) >= 11 is 0. The van der Waals surface area contributed by atoms with Crippen molar-refractivity contribution in [1.82, 2.24) is 20.2 Å². The number of esters is 1. The molecule has 2 aliphatic rings. The zero-order valence-electron chi connectivity index (χ0n) is 29.5. The number of allylic oxidation sites excluding steroid dienone is 1. The van der Waals surface area contributed by atoms with Gasteiger partial charge in [-0.2, -0.15) is 0 Å². The highest BCUT2D eigenvalue weighted by Crippen LogP contribution is 2.42. The van der Waals surface area contributed by atoms with E-state index in [2.05, 4.69) is 23.5 Å². The third-order valence-electron chi connectivity index (χ3n) is 9.86. The number of benzene rings is 1. The first kappa shape index (κ1) is 36.7. The van der Waals surface area contributed by atoms with Crippen molar-refractivity contribution in [2.45, 2.75) is 103 Å². The lowest BCUT2D eigenvalue weighted by Crippen LogP contribution is -2.58. The normalized spacial score (nSPS) is 24.5. The van der Waals surface area contributed by atoms with Gasteiger partial charge in [0.1, 0.15) is 35.2 Å². The average molecular weight is 665 g/mol. The first-order chi connectivity index (χ1) is 22.8. The van der Waals surface area contributed by atoms with Crippen LogP contribution in [0, 0.1) is 17.3 Å². The van der Waals surface area contributed by atoms with E-state index in [1.807, 2.05) is 40.7 Å². The van der Waals surface area contributed by atoms with E-state index in [0.717, 1.165) is 38.5 Å². The van der Waals surface area contributed by atoms with Gasteiger partial charge in [0, 0.05) is 12.0 Å². The minimum Gasteiger partial charge on any atom is -0.497 e. The van der Waals surface area contributed by atoms with Gasteiger partial charge in [0.2, 0.25) is 11.8 Å². The Labute approximate surface area is 284 Å². The summed E-state index contributed by atoms with van der Waals surface area (Å²) < 4.78 is 23.1. The number of nitrogens with zero attached hydrogens (tertiary/aromatic N) is 3. The third kappa shape index (κ3) is 7.93. The lowest BCUT2D eigenvalue weighted by atomic mass is 9.85. The lowest BCUT2D eigenvalue weighted by molar-refractivity contribution is -0.154. The van der Waals surface area contributed by atoms with E-state index >= 15 is 0 Å². The van der Waals surface area contributed by atoms with E-state index in [-0.39, 0.29) is 18.3 Å². The fraction of sp³-hybridized carbons (Fsp3) is 0.595. The first-order valence-electron chi connectivity index (χ1n) is 16.9. The van der Waals surface area contributed by atoms with Gasteiger partial charge in [-0.3, -0.25) is 4.79 Å². The van der Waals surface area contributed by atoms with Crippen LogP contribution in [0.15, 0.2) is 37.4 Å². The molecule has 0 spiro atoms. The molecule has 1 aromatic heterocycles. The van der Waals surface area contributed by atoms with E-state index in [9.17, 15) is 14.4 Å². The van der Waals surface area contributed by atoms with E-state index in [1.54, 1.807) is 31.4 Å². The largest absolute Gasteiger partial charge is 0.497 e. The lowest BCUT2D eigenvalue weighted by Gasteiger charge is -2.37. The summed E-state index contributed by atoms with van der Waals surface area (Å²) in [5.74, 6) is -0.324. The predicted molar refractivity (Wildman–Crippen MR) is 185 cm³/mol. The van der Waals surface area contributed by atoms with Crippen LogP contribution in [0.3, 0.4) is 0 Å². The van der Waals surface area contributed by atoms with Gasteiger partial charge in [-0.15, -0.1) is 6.58 Å². The van der Waals surface area contributed by atoms with Crippen LogP contribution in [0.4, 0.5) is 4.79 Å². The molecule has 11 heteroatoms. The monoisotopic (exact) mass is 664 g/mol. The molecule has 0 radical (unpaired) electrons. The highest BCUT2D eigenvalue weighted by atomic mass is 16.6. The van der Waals surface area contributed by atoms with Gasteiger partial charge in [-0.05, 0) is 81.4 Å². The molecule has 262 valence electrons. The van der Waals surface area contributed by atoms with Crippen LogP contribution in [0.25, 0.3) is 17.1 Å². The maximum atomic E-state index is 14.5. The second-order valence-electron chi connectivity index (χ2n) is 14.1. The Balaban J connectivity index is 1.60. The number of likely N-dealkylation sites (tertiary alicyclic amines) is 1. The fourth-order valence-electron chi connectivity index (χ4n) is 7.13. The molecule has 1 saturated heterocycles. The summed E-state index contributed by atoms with van der Waals surface area (Å²) in [6, 6.07) is 3.42. The summed E-state index contributed by atoms with van der Waals surface area (Å²) in [6.45, 7) is 17.3. The SMILES string of the molecule is C=CCCCC1CCCC1(C)OC(=O)NC(C(=O)N1CC(Oc2nc3cc(OC)ccc3nc2C=C)C(CC)C1C(=O)OC)C(C)(C)C. The summed E-state index contributed by atoms with van der Waals surface area (Å²) in [6.07, 6.45) is 8.26. The molecule has 2 aromatic rings. The number of amides is 2. The minimum absolute atomic E-state index is 0.0674. The Bertz CT molecular complexity index is 1500. The molecule has 0 bridgehead atoms. The van der Waals surface area contributed by atoms with Crippen LogP contribution in [-0.2, 0) is 19.1 Å². The van der Waals surface area contributed by atoms with Crippen molar-refractivity contribution in [3.05, 3.63) is 43.1 Å². The number of rotatable bonds is 13. The maximum Gasteiger partial charge on any atom is 0.408 e. The molecule has 11 nitrogen and oxygen atoms in total. The van der Waals surface area contributed by atoms with Gasteiger partial charge < -0.3 is 29.2 Å². The highest BCUT2D eigenvalue weighted by molar-refractivity contribution is 5.91. The summed E-state index contributed by atoms with van der Waals surface area (Å²) in [4.78, 5) is 52.1. The second-order valence-corrected chi connectivity index (χ2v) is 14.1. The van der Waals surface area contributed by atoms with Gasteiger partial charge in [0.25, 0.3) is 0 Å². The number of hydrogen-bond acceptors (Lipinski definition) is 9. The average Bonchev–Trinajstić information content (AvgIpc) is 3.61. The Morgan fingerprint density at radius 1 is 1.17 bits per heavy atom. The quantitative estimate of drug-likeness (QED) is 0.145. The number of carbonyl (C=O) groups is 3. The van der Waals surface area contributed by atoms with Crippen molar-refractivity contribution in [1.29, 1.82) is 0 Å². The highest BCUT2D eigenvalue weighted by Gasteiger charge is 2.52. The van der Waals surface area contributed by atoms with Gasteiger partial charge >= 0.3 is 12.1 Å². The molecule has 2 heterocycles. The summed E-state index contributed by atoms with van der Waals surface area (Å²) in [5.41, 5.74) is 0.297. The number of ether oxygens (including phenoxy) is 4. The van der Waals surface area contributed by atoms with Crippen molar-refractivity contribution in [2.24, 2.45) is 17.3 Å². The van der Waals surface area contributed by atoms with Crippen LogP contribution >= 0.6 is 0 Å². The zero-order valence-corrected chi connectivity index (χ0v) is 29.5. The van der Waals surface area contributed by atoms with E-state index in [4.69, 9.17) is 23.9 Å². The molecule has 1 aliphatic carbocycles. The smallest absolute Gasteiger partial charge is 0.408 e. The number of methoxy groups -OCH3 is 2. The maximum absolute atomic E-state index is 14.5. The van der Waals surface area contributed by atoms with Crippen molar-refractivity contribution in [3.63, 3.8) is 0 Å². The second kappa shape index (κ2) is 15.4. The third-order valence-corrected chi connectivity index (χ3v) is 9.86. The minimum atomic E-state index is -0.991. The summed E-state index contributed by atoms with van der Waals surface area (Å²) in [7, 11) is 2.87. The van der Waals surface area contributed by atoms with Crippen LogP contribution in [0.2, 0.25) is 0 Å². The van der Waals surface area contributed by atoms with Crippen LogP contribution in [0.1, 0.15) is 85.3 Å². The molecule has 1 saturated carbocycles. The standard InChI is InChI=1S/C37H52N4O7/c1-10-13-14-16-23-17-15-20-37(23,7)48-35(44)40-31(36(4,5)6)33(42)41-22-29(25(11-2)30(41)34(43)46-9)47-32-26(12-3)38-27-19-18-24(45-8)21-28(27)39-32/h10,12,18-19,21,23,25,29-31H,1,3,11,13-17,20,22H2,2,4-9H3,(H,40,44). The first-order valence-corrected chi connectivity index (χ1v) is 16.9. The topological polar surface area (TPSA) is 129 Å². The molecule has 4 rings (SSSR count). The number of hydrogen-bond donors (Lipinski definition) is 1. The van der Waals surface area contributed by atoms with Crippen molar-refractivity contribution in [2.75, 3.05) is 20.8 Å². The Morgan fingerprint density at radius 2 is 1.92 bits per heavy atom. The molecule has 6 atom stereocenters. The molecule has 2 fully saturated rings. The van der Waals surface area contributed by atoms with Crippen molar-refractivity contribution in [3.8, 4) is 11.6 Å². The number of fused-ring (bicyclic) bond motifs is 1. The molecular weight excluding hydrogens is 612 g/mol. The molecule has 2 amide bonds. The van der Waals surface area contributed by atoms with E-state index in [0.29, 0.717) is 28.9 Å². The zero-order chi connectivity index (χ0) is 35.2. The number of aromatic nitrogens is 2. The van der Waals surface area contributed by atoms with Crippen molar-refractivity contribution < 1.29 is 33.3 Å².